The number of halogens is 2. The third-order valence-electron chi connectivity index (χ3n) is 2.26. The first-order valence-electron chi connectivity index (χ1n) is 5.55. The normalized spacial score (nSPS) is 10.2. The summed E-state index contributed by atoms with van der Waals surface area (Å²) in [7, 11) is 0. The Morgan fingerprint density at radius 2 is 1.61 bits per heavy atom. The van der Waals surface area contributed by atoms with Crippen LogP contribution in [0, 0.1) is 0 Å². The van der Waals surface area contributed by atoms with Crippen molar-refractivity contribution in [1.29, 1.82) is 0 Å². The van der Waals surface area contributed by atoms with Gasteiger partial charge in [0.1, 0.15) is 17.2 Å². The molecule has 2 aromatic rings. The fourth-order valence-electron chi connectivity index (χ4n) is 1.46. The van der Waals surface area contributed by atoms with Crippen LogP contribution >= 0.6 is 23.2 Å². The molecule has 0 bridgehead atoms. The Hall–Kier alpha value is -1.38. The van der Waals surface area contributed by atoms with E-state index in [4.69, 9.17) is 32.7 Å². The van der Waals surface area contributed by atoms with E-state index in [2.05, 4.69) is 0 Å². The topological polar surface area (TPSA) is 18.5 Å². The fraction of sp³-hybridized carbons (Fsp3) is 0.143. The van der Waals surface area contributed by atoms with Gasteiger partial charge in [0.2, 0.25) is 0 Å². The average molecular weight is 283 g/mol. The minimum atomic E-state index is 0.483. The highest BCUT2D eigenvalue weighted by atomic mass is 35.5. The van der Waals surface area contributed by atoms with Crippen molar-refractivity contribution in [2.45, 2.75) is 6.92 Å². The number of hydrogen-bond acceptors (Lipinski definition) is 2. The molecule has 0 saturated heterocycles. The van der Waals surface area contributed by atoms with Crippen molar-refractivity contribution in [3.05, 3.63) is 52.5 Å². The highest BCUT2D eigenvalue weighted by Crippen LogP contribution is 2.32. The third kappa shape index (κ3) is 3.31. The van der Waals surface area contributed by atoms with Gasteiger partial charge in [-0.3, -0.25) is 0 Å². The molecule has 0 unspecified atom stereocenters. The van der Waals surface area contributed by atoms with Gasteiger partial charge in [-0.1, -0.05) is 23.2 Å². The second-order valence-corrected chi connectivity index (χ2v) is 4.42. The van der Waals surface area contributed by atoms with Gasteiger partial charge in [0.25, 0.3) is 0 Å². The van der Waals surface area contributed by atoms with Gasteiger partial charge in [-0.25, -0.2) is 0 Å². The van der Waals surface area contributed by atoms with Crippen LogP contribution in [-0.4, -0.2) is 6.61 Å². The lowest BCUT2D eigenvalue weighted by Crippen LogP contribution is -1.91. The van der Waals surface area contributed by atoms with E-state index in [-0.39, 0.29) is 0 Å². The predicted molar refractivity (Wildman–Crippen MR) is 74.1 cm³/mol. The maximum absolute atomic E-state index is 6.03. The first kappa shape index (κ1) is 13.1. The molecule has 0 aliphatic heterocycles. The molecule has 2 nitrogen and oxygen atoms in total. The first-order chi connectivity index (χ1) is 8.69. The number of rotatable bonds is 4. The van der Waals surface area contributed by atoms with Gasteiger partial charge in [-0.15, -0.1) is 0 Å². The van der Waals surface area contributed by atoms with Crippen LogP contribution in [0.2, 0.25) is 10.0 Å². The van der Waals surface area contributed by atoms with Crippen molar-refractivity contribution in [2.24, 2.45) is 0 Å². The molecular weight excluding hydrogens is 271 g/mol. The average Bonchev–Trinajstić information content (AvgIpc) is 2.35. The molecule has 0 aliphatic carbocycles. The summed E-state index contributed by atoms with van der Waals surface area (Å²) in [5, 5.41) is 1.07. The van der Waals surface area contributed by atoms with Crippen LogP contribution in [0.1, 0.15) is 6.92 Å². The van der Waals surface area contributed by atoms with Crippen LogP contribution in [0.15, 0.2) is 42.5 Å². The van der Waals surface area contributed by atoms with E-state index in [0.29, 0.717) is 28.2 Å². The molecular formula is C14H12Cl2O2. The molecule has 2 aromatic carbocycles. The van der Waals surface area contributed by atoms with Gasteiger partial charge in [0.15, 0.2) is 0 Å². The molecule has 2 rings (SSSR count). The summed E-state index contributed by atoms with van der Waals surface area (Å²) < 4.78 is 11.0. The molecule has 0 aliphatic rings. The number of benzene rings is 2. The minimum absolute atomic E-state index is 0.483. The molecule has 94 valence electrons. The standard InChI is InChI=1S/C14H12Cl2O2/c1-2-17-11-4-6-12(7-5-11)18-14-8-3-10(15)9-13(14)16/h3-9H,2H2,1H3. The fourth-order valence-corrected chi connectivity index (χ4v) is 1.90. The van der Waals surface area contributed by atoms with Gasteiger partial charge >= 0.3 is 0 Å². The Bertz CT molecular complexity index is 524. The predicted octanol–water partition coefficient (Wildman–Crippen LogP) is 5.18. The first-order valence-corrected chi connectivity index (χ1v) is 6.30. The molecule has 4 heteroatoms. The zero-order chi connectivity index (χ0) is 13.0. The maximum Gasteiger partial charge on any atom is 0.146 e. The highest BCUT2D eigenvalue weighted by molar-refractivity contribution is 6.35. The van der Waals surface area contributed by atoms with Crippen molar-refractivity contribution in [3.63, 3.8) is 0 Å². The molecule has 0 saturated carbocycles. The molecule has 0 N–H and O–H groups in total. The van der Waals surface area contributed by atoms with Crippen LogP contribution in [0.3, 0.4) is 0 Å². The minimum Gasteiger partial charge on any atom is -0.494 e. The zero-order valence-electron chi connectivity index (χ0n) is 9.82. The second kappa shape index (κ2) is 5.98. The van der Waals surface area contributed by atoms with E-state index >= 15 is 0 Å². The van der Waals surface area contributed by atoms with Crippen molar-refractivity contribution >= 4 is 23.2 Å². The summed E-state index contributed by atoms with van der Waals surface area (Å²) in [6, 6.07) is 12.5. The third-order valence-corrected chi connectivity index (χ3v) is 2.79. The maximum atomic E-state index is 6.03. The van der Waals surface area contributed by atoms with Crippen LogP contribution in [0.5, 0.6) is 17.2 Å². The molecule has 0 fully saturated rings. The quantitative estimate of drug-likeness (QED) is 0.769. The van der Waals surface area contributed by atoms with Gasteiger partial charge in [-0.05, 0) is 49.4 Å². The summed E-state index contributed by atoms with van der Waals surface area (Å²) in [6.45, 7) is 2.58. The van der Waals surface area contributed by atoms with Crippen molar-refractivity contribution in [3.8, 4) is 17.2 Å². The van der Waals surface area contributed by atoms with Gasteiger partial charge in [0.05, 0.1) is 11.6 Å². The Balaban J connectivity index is 2.13. The highest BCUT2D eigenvalue weighted by Gasteiger charge is 2.04. The zero-order valence-corrected chi connectivity index (χ0v) is 11.3. The van der Waals surface area contributed by atoms with Gasteiger partial charge in [0, 0.05) is 5.02 Å². The lowest BCUT2D eigenvalue weighted by atomic mass is 10.3. The Morgan fingerprint density at radius 3 is 2.22 bits per heavy atom. The molecule has 0 spiro atoms. The summed E-state index contributed by atoms with van der Waals surface area (Å²) in [6.07, 6.45) is 0. The van der Waals surface area contributed by atoms with E-state index in [1.54, 1.807) is 18.2 Å². The smallest absolute Gasteiger partial charge is 0.146 e. The number of hydrogen-bond donors (Lipinski definition) is 0. The van der Waals surface area contributed by atoms with Crippen molar-refractivity contribution in [1.82, 2.24) is 0 Å². The second-order valence-electron chi connectivity index (χ2n) is 3.58. The van der Waals surface area contributed by atoms with Crippen molar-refractivity contribution in [2.75, 3.05) is 6.61 Å². The van der Waals surface area contributed by atoms with E-state index in [0.717, 1.165) is 5.75 Å². The van der Waals surface area contributed by atoms with E-state index in [1.807, 2.05) is 31.2 Å². The van der Waals surface area contributed by atoms with E-state index < -0.39 is 0 Å². The lowest BCUT2D eigenvalue weighted by molar-refractivity contribution is 0.339. The monoisotopic (exact) mass is 282 g/mol. The lowest BCUT2D eigenvalue weighted by Gasteiger charge is -2.08. The molecule has 0 aromatic heterocycles. The van der Waals surface area contributed by atoms with Gasteiger partial charge < -0.3 is 9.47 Å². The van der Waals surface area contributed by atoms with Crippen LogP contribution < -0.4 is 9.47 Å². The Morgan fingerprint density at radius 1 is 0.944 bits per heavy atom. The SMILES string of the molecule is CCOc1ccc(Oc2ccc(Cl)cc2Cl)cc1. The molecule has 18 heavy (non-hydrogen) atoms. The summed E-state index contributed by atoms with van der Waals surface area (Å²) >= 11 is 11.8. The van der Waals surface area contributed by atoms with Crippen LogP contribution in [-0.2, 0) is 0 Å². The van der Waals surface area contributed by atoms with E-state index in [9.17, 15) is 0 Å². The molecule has 0 amide bonds. The Kier molecular flexibility index (Phi) is 4.34. The molecule has 0 atom stereocenters. The van der Waals surface area contributed by atoms with Crippen LogP contribution in [0.25, 0.3) is 0 Å². The summed E-state index contributed by atoms with van der Waals surface area (Å²) in [5.74, 6) is 2.08. The van der Waals surface area contributed by atoms with E-state index in [1.165, 1.54) is 0 Å². The molecule has 0 radical (unpaired) electrons. The Labute approximate surface area is 116 Å². The van der Waals surface area contributed by atoms with Crippen LogP contribution in [0.4, 0.5) is 0 Å². The summed E-state index contributed by atoms with van der Waals surface area (Å²) in [4.78, 5) is 0. The van der Waals surface area contributed by atoms with Gasteiger partial charge in [-0.2, -0.15) is 0 Å². The summed E-state index contributed by atoms with van der Waals surface area (Å²) in [5.41, 5.74) is 0. The number of ether oxygens (including phenoxy) is 2. The largest absolute Gasteiger partial charge is 0.494 e. The van der Waals surface area contributed by atoms with Crippen molar-refractivity contribution < 1.29 is 9.47 Å². The molecule has 0 heterocycles.